The number of nitrogens with zero attached hydrogens (tertiary/aromatic N) is 27. The lowest BCUT2D eigenvalue weighted by Crippen LogP contribution is -2.25. The maximum absolute atomic E-state index is 13.3. The highest BCUT2D eigenvalue weighted by atomic mass is 19.4. The Labute approximate surface area is 841 Å². The number of pyridine rings is 3. The van der Waals surface area contributed by atoms with E-state index in [-0.39, 0.29) is 65.4 Å². The number of aromatic nitrogens is 25. The topological polar surface area (TPSA) is 328 Å². The van der Waals surface area contributed by atoms with Gasteiger partial charge in [0.05, 0.1) is 96.4 Å². The van der Waals surface area contributed by atoms with Crippen LogP contribution in [-0.4, -0.2) is 144 Å². The predicted octanol–water partition coefficient (Wildman–Crippen LogP) is 20.3. The average Bonchev–Trinajstić information content (AvgIpc) is 1.59. The first-order valence-electron chi connectivity index (χ1n) is 48.1. The lowest BCUT2D eigenvalue weighted by molar-refractivity contribution is -0.142. The van der Waals surface area contributed by atoms with Crippen LogP contribution in [0.15, 0.2) is 249 Å². The first-order chi connectivity index (χ1) is 70.5. The van der Waals surface area contributed by atoms with Gasteiger partial charge in [0.25, 0.3) is 0 Å². The Morgan fingerprint density at radius 2 is 0.777 bits per heavy atom. The summed E-state index contributed by atoms with van der Waals surface area (Å²) in [5.74, 6) is 2.09. The van der Waals surface area contributed by atoms with Gasteiger partial charge in [-0.2, -0.15) is 49.7 Å². The third-order valence-corrected chi connectivity index (χ3v) is 26.2. The highest BCUT2D eigenvalue weighted by Gasteiger charge is 2.42. The fourth-order valence-electron chi connectivity index (χ4n) is 18.3. The second-order valence-corrected chi connectivity index (χ2v) is 38.1. The van der Waals surface area contributed by atoms with Crippen molar-refractivity contribution in [2.24, 2.45) is 38.2 Å². The van der Waals surface area contributed by atoms with Crippen molar-refractivity contribution in [1.29, 1.82) is 0 Å². The molecule has 5 aromatic carbocycles. The summed E-state index contributed by atoms with van der Waals surface area (Å²) in [6.45, 7) is 26.5. The van der Waals surface area contributed by atoms with Gasteiger partial charge in [-0.1, -0.05) is 152 Å². The molecule has 1 unspecified atom stereocenters. The fraction of sp³-hybridized carbons (Fsp3) is 0.296. The Balaban J connectivity index is 0.000000129. The molecule has 31 nitrogen and oxygen atoms in total. The van der Waals surface area contributed by atoms with Crippen molar-refractivity contribution >= 4 is 56.2 Å². The highest BCUT2D eigenvalue weighted by molar-refractivity contribution is 6.15. The van der Waals surface area contributed by atoms with E-state index in [1.165, 1.54) is 23.9 Å². The van der Waals surface area contributed by atoms with Crippen molar-refractivity contribution in [2.45, 2.75) is 183 Å². The van der Waals surface area contributed by atoms with Gasteiger partial charge >= 0.3 is 41.3 Å². The van der Waals surface area contributed by atoms with Gasteiger partial charge in [0.15, 0.2) is 57.3 Å². The van der Waals surface area contributed by atoms with E-state index >= 15 is 0 Å². The Kier molecular flexibility index (Phi) is 27.6. The zero-order valence-corrected chi connectivity index (χ0v) is 84.0. The molecular weight excluding hydrogens is 1910 g/mol. The first kappa shape index (κ1) is 101. The maximum Gasteiger partial charge on any atom is 0.451 e. The summed E-state index contributed by atoms with van der Waals surface area (Å²) >= 11 is 0. The molecule has 758 valence electrons. The van der Waals surface area contributed by atoms with Crippen molar-refractivity contribution in [3.8, 4) is 68.3 Å². The van der Waals surface area contributed by atoms with Crippen LogP contribution < -0.4 is 22.8 Å². The van der Waals surface area contributed by atoms with E-state index in [4.69, 9.17) is 19.9 Å². The largest absolute Gasteiger partial charge is 0.451 e. The Morgan fingerprint density at radius 3 is 1.17 bits per heavy atom. The summed E-state index contributed by atoms with van der Waals surface area (Å²) in [4.78, 5) is 115. The van der Waals surface area contributed by atoms with Gasteiger partial charge in [0.2, 0.25) is 5.84 Å². The fourth-order valence-corrected chi connectivity index (χ4v) is 18.3. The van der Waals surface area contributed by atoms with Gasteiger partial charge in [-0.05, 0) is 177 Å². The van der Waals surface area contributed by atoms with Crippen molar-refractivity contribution in [2.75, 3.05) is 0 Å². The Bertz CT molecular complexity index is 8590. The number of fused-ring (bicyclic) bond motifs is 4. The van der Waals surface area contributed by atoms with Crippen LogP contribution >= 0.6 is 0 Å². The van der Waals surface area contributed by atoms with Crippen LogP contribution in [0.5, 0.6) is 0 Å². The standard InChI is InChI=1S/C28H26F3N7O.C27H26F3N7O.C27H28N6O.C26H24F3N7O/c1-16(2)23-20(5-4-12-32-23)24-33-13-21-26(35-24)38(27(39)36(21)3)14-17-6-8-18(9-7-17)25-34-22(28(29,30)31)15-37(25)19-10-11-19;1-14(2)21-19(7-6-12-31-21)23-32-13-20-24(35-23)37(26(38)36(20)5)16(4)17-8-10-18(11-9-17)22-15(3)33-25(34-22)27(28,29)30;1-17(2)22-8-6-7-9-23(22)25-28-15-24-26(29-25)32(27(34)31(24)5)16-20-10-12-21(13-11-20)33-19(4)14-18(3)30-33;1-15(2)22-19(6-5-11-30-22)23-31-13-20-24(32-23)35(25(37)34(20)4)14-17-7-9-18(10-8-17)36-16(3)12-21(33-36)26(27,28)29/h4-9,12-13,15-16,19H,10-11,14H2,1-3H3;6-16H,1-5H3;6-15,17H,16H2,1-5H3;5-13,15H,14H2,1-4H3/t;15?,16-;;/m.1../s1. The first-order valence-corrected chi connectivity index (χ1v) is 48.1. The molecule has 14 aromatic heterocycles. The van der Waals surface area contributed by atoms with E-state index in [9.17, 15) is 58.7 Å². The quantitative estimate of drug-likeness (QED) is 0.0603. The van der Waals surface area contributed by atoms with E-state index in [1.54, 1.807) is 186 Å². The number of aryl methyl sites for hydroxylation is 7. The van der Waals surface area contributed by atoms with Crippen LogP contribution in [0, 0.1) is 20.8 Å². The van der Waals surface area contributed by atoms with E-state index in [0.29, 0.717) is 103 Å². The number of hydrogen-bond donors (Lipinski definition) is 0. The van der Waals surface area contributed by atoms with Gasteiger partial charge in [-0.15, -0.1) is 0 Å². The predicted molar refractivity (Wildman–Crippen MR) is 547 cm³/mol. The maximum atomic E-state index is 13.3. The minimum Gasteiger partial charge on any atom is -0.327 e. The molecule has 15 heterocycles. The lowest BCUT2D eigenvalue weighted by atomic mass is 9.97. The van der Waals surface area contributed by atoms with Crippen LogP contribution in [0.2, 0.25) is 0 Å². The molecule has 1 aliphatic heterocycles. The molecule has 1 aliphatic carbocycles. The number of rotatable bonds is 21. The number of alkyl halides is 9. The summed E-state index contributed by atoms with van der Waals surface area (Å²) in [5, 5.41) is 8.24. The number of amidine groups is 1. The molecule has 2 atom stereocenters. The average molecular weight is 2020 g/mol. The lowest BCUT2D eigenvalue weighted by Gasteiger charge is -2.15. The van der Waals surface area contributed by atoms with Crippen LogP contribution in [0.25, 0.3) is 113 Å². The molecule has 0 saturated heterocycles. The molecule has 1 fully saturated rings. The van der Waals surface area contributed by atoms with E-state index in [1.807, 2.05) is 146 Å². The number of imidazole rings is 5. The summed E-state index contributed by atoms with van der Waals surface area (Å²) in [7, 11) is 6.77. The van der Waals surface area contributed by atoms with Crippen molar-refractivity contribution in [3.63, 3.8) is 0 Å². The molecule has 0 spiro atoms. The van der Waals surface area contributed by atoms with Crippen LogP contribution in [0.4, 0.5) is 39.5 Å². The molecule has 0 amide bonds. The monoisotopic (exact) mass is 2010 g/mol. The van der Waals surface area contributed by atoms with Gasteiger partial charge in [0, 0.05) is 98.2 Å². The number of hydrogen-bond acceptors (Lipinski definition) is 20. The van der Waals surface area contributed by atoms with Gasteiger partial charge in [-0.25, -0.2) is 78.4 Å². The van der Waals surface area contributed by atoms with Crippen molar-refractivity contribution in [1.82, 2.24) is 120 Å². The SMILES string of the molecule is CC(C)c1ncccc1-c1ncc2c(n1)n(Cc1ccc(-c3nc(C(F)(F)F)cn3C3CC3)cc1)c(=O)n2C.CC1N=C(C(F)(F)F)N=C1c1ccc([C@@H](C)n2c(=O)n(C)c3cnc(-c4cccnc4C(C)C)nc32)cc1.Cc1cc(C(F)(F)F)nn1-c1ccc(Cn2c(=O)n(C)c3cnc(-c4cccnc4C(C)C)nc32)cc1.Cc1cc(C)n(-c2ccc(Cn3c(=O)n(C)c4cnc(-c5ccccc5C(C)C)nc43)cc2)n1. The third kappa shape index (κ3) is 20.2. The molecule has 19 aromatic rings. The molecule has 0 N–H and O–H groups in total. The van der Waals surface area contributed by atoms with Crippen molar-refractivity contribution in [3.05, 3.63) is 340 Å². The van der Waals surface area contributed by atoms with Gasteiger partial charge in [0.1, 0.15) is 27.9 Å². The van der Waals surface area contributed by atoms with E-state index in [2.05, 4.69) is 86.0 Å². The second kappa shape index (κ2) is 40.4. The summed E-state index contributed by atoms with van der Waals surface area (Å²) < 4.78 is 136. The molecule has 0 radical (unpaired) electrons. The van der Waals surface area contributed by atoms with Gasteiger partial charge in [-0.3, -0.25) is 56.5 Å². The molecule has 148 heavy (non-hydrogen) atoms. The number of halogens is 9. The van der Waals surface area contributed by atoms with Gasteiger partial charge < -0.3 is 4.57 Å². The smallest absolute Gasteiger partial charge is 0.327 e. The summed E-state index contributed by atoms with van der Waals surface area (Å²) in [6.07, 6.45) is 1.03. The Hall–Kier alpha value is -16.7. The summed E-state index contributed by atoms with van der Waals surface area (Å²) in [6, 6.07) is 50.5. The van der Waals surface area contributed by atoms with Crippen LogP contribution in [0.3, 0.4) is 0 Å². The molecule has 1 saturated carbocycles. The summed E-state index contributed by atoms with van der Waals surface area (Å²) in [5.41, 5.74) is 17.8. The highest BCUT2D eigenvalue weighted by Crippen LogP contribution is 2.43. The molecule has 40 heteroatoms. The number of benzene rings is 5. The minimum atomic E-state index is -4.59. The second-order valence-electron chi connectivity index (χ2n) is 38.1. The number of aliphatic imine (C=N–C) groups is 2. The minimum absolute atomic E-state index is 0.0439. The van der Waals surface area contributed by atoms with Crippen molar-refractivity contribution < 1.29 is 39.5 Å². The zero-order valence-electron chi connectivity index (χ0n) is 84.0. The van der Waals surface area contributed by atoms with Crippen LogP contribution in [0.1, 0.15) is 197 Å². The molecular formula is C108H104F9N27O4. The molecule has 21 rings (SSSR count). The van der Waals surface area contributed by atoms with Crippen LogP contribution in [-0.2, 0) is 60.2 Å². The third-order valence-electron chi connectivity index (χ3n) is 26.2. The normalized spacial score (nSPS) is 13.7. The molecule has 0 bridgehead atoms. The zero-order chi connectivity index (χ0) is 105. The van der Waals surface area contributed by atoms with E-state index in [0.717, 1.165) is 109 Å². The van der Waals surface area contributed by atoms with E-state index < -0.39 is 47.8 Å². The molecule has 2 aliphatic rings. The Morgan fingerprint density at radius 1 is 0.392 bits per heavy atom.